The molecule has 8 nitrogen and oxygen atoms in total. The molecule has 1 fully saturated rings. The molecule has 4 heterocycles. The first-order valence-corrected chi connectivity index (χ1v) is 12.5. The van der Waals surface area contributed by atoms with Crippen molar-refractivity contribution in [3.8, 4) is 16.9 Å². The molecule has 1 aromatic carbocycles. The van der Waals surface area contributed by atoms with E-state index in [9.17, 15) is 13.6 Å². The Bertz CT molecular complexity index is 1720. The van der Waals surface area contributed by atoms with E-state index in [0.717, 1.165) is 40.9 Å². The summed E-state index contributed by atoms with van der Waals surface area (Å²) in [4.78, 5) is 23.6. The van der Waals surface area contributed by atoms with E-state index < -0.39 is 37.0 Å². The lowest BCUT2D eigenvalue weighted by Gasteiger charge is -2.36. The van der Waals surface area contributed by atoms with Gasteiger partial charge in [-0.3, -0.25) is 4.79 Å². The molecule has 10 heteroatoms. The fourth-order valence-corrected chi connectivity index (χ4v) is 6.15. The van der Waals surface area contributed by atoms with Crippen LogP contribution in [0.5, 0.6) is 5.75 Å². The molecule has 1 amide bonds. The summed E-state index contributed by atoms with van der Waals surface area (Å²) in [6.07, 6.45) is 8.22. The van der Waals surface area contributed by atoms with Gasteiger partial charge in [0.15, 0.2) is 0 Å². The minimum Gasteiger partial charge on any atom is -0.434 e. The lowest BCUT2D eigenvalue weighted by Crippen LogP contribution is -2.44. The highest BCUT2D eigenvalue weighted by Crippen LogP contribution is 2.53. The van der Waals surface area contributed by atoms with Crippen molar-refractivity contribution in [1.82, 2.24) is 24.5 Å². The summed E-state index contributed by atoms with van der Waals surface area (Å²) in [5, 5.41) is 4.74. The molecule has 0 unspecified atom stereocenters. The van der Waals surface area contributed by atoms with Gasteiger partial charge in [0.2, 0.25) is 0 Å². The van der Waals surface area contributed by atoms with E-state index in [-0.39, 0.29) is 23.3 Å². The number of benzene rings is 1. The van der Waals surface area contributed by atoms with Crippen molar-refractivity contribution in [2.24, 2.45) is 5.73 Å². The van der Waals surface area contributed by atoms with Gasteiger partial charge in [-0.1, -0.05) is 6.07 Å². The Balaban J connectivity index is 1.42. The maximum absolute atomic E-state index is 13.6. The summed E-state index contributed by atoms with van der Waals surface area (Å²) in [6.45, 7) is -3.99. The van der Waals surface area contributed by atoms with Crippen molar-refractivity contribution >= 4 is 11.4 Å². The van der Waals surface area contributed by atoms with Crippen LogP contribution in [0, 0.1) is 6.92 Å². The minimum atomic E-state index is -3.12. The lowest BCUT2D eigenvalue weighted by atomic mass is 9.77. The molecule has 0 radical (unpaired) electrons. The van der Waals surface area contributed by atoms with Crippen molar-refractivity contribution < 1.29 is 22.4 Å². The van der Waals surface area contributed by atoms with Gasteiger partial charge in [0.1, 0.15) is 11.6 Å². The number of nitrogens with zero attached hydrogens (tertiary/aromatic N) is 5. The zero-order chi connectivity index (χ0) is 28.8. The van der Waals surface area contributed by atoms with Crippen molar-refractivity contribution in [1.29, 1.82) is 0 Å². The highest BCUT2D eigenvalue weighted by Gasteiger charge is 2.46. The first-order valence-electron chi connectivity index (χ1n) is 14.0. The van der Waals surface area contributed by atoms with Gasteiger partial charge in [0.25, 0.3) is 5.91 Å². The fourth-order valence-electron chi connectivity index (χ4n) is 6.15. The summed E-state index contributed by atoms with van der Waals surface area (Å²) in [6, 6.07) is 5.30. The molecule has 2 atom stereocenters. The number of carbonyl (C=O) groups excluding carboxylic acids is 1. The zero-order valence-electron chi connectivity index (χ0n) is 23.5. The van der Waals surface area contributed by atoms with Gasteiger partial charge in [-0.15, -0.1) is 0 Å². The van der Waals surface area contributed by atoms with Gasteiger partial charge in [-0.25, -0.2) is 14.5 Å². The van der Waals surface area contributed by atoms with Crippen LogP contribution in [0.2, 0.25) is 0 Å². The number of aromatic nitrogens is 4. The second kappa shape index (κ2) is 8.04. The molecule has 4 aromatic rings. The maximum Gasteiger partial charge on any atom is 0.387 e. The van der Waals surface area contributed by atoms with Crippen LogP contribution in [0.3, 0.4) is 0 Å². The standard InChI is InChI=1S/C28H26F2N6O2/c1-14-13-36-19(9-17(14)15-11-32-26(33-12-15)28(31)7-4-8-28)23-18-10-20(24(23)34-36)35(2)25(37)16-5-3-6-21(22(16)18)38-27(29)30/h3,5-6,9,11-13,18,20,27H,4,7-8,10,31H2,1-2H3/t18-,20-/m1/s1/i2D3. The molecule has 2 aliphatic carbocycles. The van der Waals surface area contributed by atoms with E-state index in [2.05, 4.69) is 9.97 Å². The molecule has 2 N–H and O–H groups in total. The van der Waals surface area contributed by atoms with Gasteiger partial charge < -0.3 is 15.4 Å². The Morgan fingerprint density at radius 2 is 2.00 bits per heavy atom. The molecule has 0 saturated heterocycles. The molecular weight excluding hydrogens is 490 g/mol. The number of hydrogen-bond acceptors (Lipinski definition) is 6. The molecule has 194 valence electrons. The van der Waals surface area contributed by atoms with Crippen LogP contribution in [-0.4, -0.2) is 44.0 Å². The summed E-state index contributed by atoms with van der Waals surface area (Å²) in [7, 11) is 0. The number of halogens is 2. The molecule has 7 rings (SSSR count). The normalized spacial score (nSPS) is 22.8. The van der Waals surface area contributed by atoms with Crippen molar-refractivity contribution in [3.05, 3.63) is 76.6 Å². The van der Waals surface area contributed by atoms with Crippen LogP contribution in [0.15, 0.2) is 42.9 Å². The van der Waals surface area contributed by atoms with Crippen LogP contribution in [-0.2, 0) is 5.54 Å². The summed E-state index contributed by atoms with van der Waals surface area (Å²) in [5.41, 5.74) is 10.4. The molecule has 1 aliphatic heterocycles. The number of rotatable bonds is 4. The largest absolute Gasteiger partial charge is 0.434 e. The predicted molar refractivity (Wildman–Crippen MR) is 135 cm³/mol. The third kappa shape index (κ3) is 3.22. The van der Waals surface area contributed by atoms with Crippen LogP contribution >= 0.6 is 0 Å². The first-order chi connectivity index (χ1) is 19.5. The highest BCUT2D eigenvalue weighted by molar-refractivity contribution is 5.98. The third-order valence-electron chi connectivity index (χ3n) is 8.20. The minimum absolute atomic E-state index is 0.0276. The smallest absolute Gasteiger partial charge is 0.387 e. The Kier molecular flexibility index (Phi) is 4.25. The maximum atomic E-state index is 13.6. The van der Waals surface area contributed by atoms with Gasteiger partial charge in [-0.2, -0.15) is 13.9 Å². The second-order valence-electron chi connectivity index (χ2n) is 10.4. The Morgan fingerprint density at radius 1 is 1.21 bits per heavy atom. The number of aryl methyl sites for hydroxylation is 1. The quantitative estimate of drug-likeness (QED) is 0.420. The molecule has 3 aliphatic rings. The summed E-state index contributed by atoms with van der Waals surface area (Å²) in [5.74, 6) is -0.914. The van der Waals surface area contributed by atoms with Crippen molar-refractivity contribution in [2.75, 3.05) is 6.98 Å². The SMILES string of the molecule is [2H]C([2H])([2H])N1C(=O)c2cccc(OC(F)F)c2[C@H]2C[C@@H]1c1nn3cc(C)c(-c4cnc(C5(N)CCC5)nc4)cc3c12. The van der Waals surface area contributed by atoms with E-state index in [1.807, 2.05) is 19.2 Å². The summed E-state index contributed by atoms with van der Waals surface area (Å²) < 4.78 is 58.0. The van der Waals surface area contributed by atoms with Crippen molar-refractivity contribution in [2.45, 2.75) is 56.7 Å². The van der Waals surface area contributed by atoms with Crippen LogP contribution in [0.25, 0.3) is 16.6 Å². The fraction of sp³-hybridized carbons (Fsp3) is 0.357. The van der Waals surface area contributed by atoms with Crippen LogP contribution in [0.4, 0.5) is 8.78 Å². The topological polar surface area (TPSA) is 98.6 Å². The molecular formula is C28H26F2N6O2. The Morgan fingerprint density at radius 3 is 2.68 bits per heavy atom. The molecule has 38 heavy (non-hydrogen) atoms. The number of nitrogens with two attached hydrogens (primary N) is 1. The molecule has 3 aromatic heterocycles. The Labute approximate surface area is 221 Å². The lowest BCUT2D eigenvalue weighted by molar-refractivity contribution is -0.0505. The zero-order valence-corrected chi connectivity index (χ0v) is 20.5. The number of carbonyl (C=O) groups is 1. The highest BCUT2D eigenvalue weighted by atomic mass is 19.3. The molecule has 1 saturated carbocycles. The number of alkyl halides is 2. The Hall–Kier alpha value is -3.92. The monoisotopic (exact) mass is 519 g/mol. The second-order valence-corrected chi connectivity index (χ2v) is 10.4. The van der Waals surface area contributed by atoms with E-state index in [1.54, 1.807) is 16.9 Å². The number of ether oxygens (including phenoxy) is 1. The number of hydrogen-bond donors (Lipinski definition) is 1. The average Bonchev–Trinajstić information content (AvgIpc) is 3.38. The molecule has 0 spiro atoms. The molecule has 2 bridgehead atoms. The van der Waals surface area contributed by atoms with E-state index >= 15 is 0 Å². The van der Waals surface area contributed by atoms with Gasteiger partial charge in [0, 0.05) is 57.9 Å². The van der Waals surface area contributed by atoms with Crippen molar-refractivity contribution in [3.63, 3.8) is 0 Å². The third-order valence-corrected chi connectivity index (χ3v) is 8.20. The number of amides is 1. The van der Waals surface area contributed by atoms with Crippen LogP contribution < -0.4 is 10.5 Å². The van der Waals surface area contributed by atoms with E-state index in [0.29, 0.717) is 22.6 Å². The predicted octanol–water partition coefficient (Wildman–Crippen LogP) is 4.70. The number of fused-ring (bicyclic) bond motifs is 9. The summed E-state index contributed by atoms with van der Waals surface area (Å²) >= 11 is 0. The van der Waals surface area contributed by atoms with Crippen LogP contribution in [0.1, 0.15) is 80.3 Å². The van der Waals surface area contributed by atoms with Gasteiger partial charge in [-0.05, 0) is 61.9 Å². The average molecular weight is 520 g/mol. The number of pyridine rings is 1. The van der Waals surface area contributed by atoms with Gasteiger partial charge >= 0.3 is 6.61 Å². The van der Waals surface area contributed by atoms with Gasteiger partial charge in [0.05, 0.1) is 22.8 Å². The van der Waals surface area contributed by atoms with E-state index in [1.165, 1.54) is 18.2 Å². The van der Waals surface area contributed by atoms with E-state index in [4.69, 9.17) is 19.7 Å². The first kappa shape index (κ1) is 20.1.